The van der Waals surface area contributed by atoms with Gasteiger partial charge in [-0.05, 0) is 57.0 Å². The molecule has 3 rings (SSSR count). The first-order valence-electron chi connectivity index (χ1n) is 8.20. The fourth-order valence-corrected chi connectivity index (χ4v) is 4.03. The van der Waals surface area contributed by atoms with Gasteiger partial charge < -0.3 is 10.2 Å². The number of likely N-dealkylation sites (tertiary alicyclic amines) is 2. The molecule has 2 atom stereocenters. The standard InChI is InChI=1S/C17H23ClFN3O/c1-21-7-2-3-12-10-22(8-6-16(12)21)11-17(23)20-13-4-5-15(19)14(18)9-13/h4-5,9,12,16H,2-3,6-8,10-11H2,1H3,(H,20,23)/t12-,16-/m1/s1. The van der Waals surface area contributed by atoms with Crippen LogP contribution < -0.4 is 5.32 Å². The molecule has 6 heteroatoms. The van der Waals surface area contributed by atoms with Crippen LogP contribution in [0.25, 0.3) is 0 Å². The molecule has 0 unspecified atom stereocenters. The van der Waals surface area contributed by atoms with E-state index < -0.39 is 5.82 Å². The maximum atomic E-state index is 13.1. The van der Waals surface area contributed by atoms with Crippen molar-refractivity contribution in [1.82, 2.24) is 9.80 Å². The van der Waals surface area contributed by atoms with Crippen LogP contribution in [0.4, 0.5) is 10.1 Å². The summed E-state index contributed by atoms with van der Waals surface area (Å²) >= 11 is 5.74. The van der Waals surface area contributed by atoms with Crippen LogP contribution in [0.3, 0.4) is 0 Å². The summed E-state index contributed by atoms with van der Waals surface area (Å²) in [6.45, 7) is 3.49. The van der Waals surface area contributed by atoms with Crippen molar-refractivity contribution in [2.75, 3.05) is 38.5 Å². The molecule has 0 saturated carbocycles. The highest BCUT2D eigenvalue weighted by Crippen LogP contribution is 2.29. The minimum Gasteiger partial charge on any atom is -0.325 e. The molecule has 1 N–H and O–H groups in total. The van der Waals surface area contributed by atoms with E-state index in [1.54, 1.807) is 0 Å². The number of anilines is 1. The van der Waals surface area contributed by atoms with Crippen LogP contribution in [0.15, 0.2) is 18.2 Å². The third-order valence-electron chi connectivity index (χ3n) is 5.00. The number of rotatable bonds is 3. The number of amides is 1. The Labute approximate surface area is 141 Å². The Balaban J connectivity index is 1.53. The highest BCUT2D eigenvalue weighted by molar-refractivity contribution is 6.31. The third kappa shape index (κ3) is 4.03. The molecule has 1 amide bonds. The molecule has 23 heavy (non-hydrogen) atoms. The minimum atomic E-state index is -0.479. The Hall–Kier alpha value is -1.17. The molecule has 0 spiro atoms. The molecule has 1 aromatic rings. The topological polar surface area (TPSA) is 35.6 Å². The van der Waals surface area contributed by atoms with E-state index in [1.165, 1.54) is 37.6 Å². The Bertz CT molecular complexity index is 583. The second-order valence-corrected chi connectivity index (χ2v) is 7.06. The Morgan fingerprint density at radius 2 is 2.22 bits per heavy atom. The van der Waals surface area contributed by atoms with Gasteiger partial charge in [-0.25, -0.2) is 4.39 Å². The molecule has 0 aliphatic carbocycles. The largest absolute Gasteiger partial charge is 0.325 e. The number of nitrogens with zero attached hydrogens (tertiary/aromatic N) is 2. The molecule has 2 aliphatic heterocycles. The van der Waals surface area contributed by atoms with Gasteiger partial charge in [0.1, 0.15) is 5.82 Å². The monoisotopic (exact) mass is 339 g/mol. The SMILES string of the molecule is CN1CCC[C@@H]2CN(CC(=O)Nc3ccc(F)c(Cl)c3)CC[C@H]21. The number of benzene rings is 1. The van der Waals surface area contributed by atoms with Gasteiger partial charge in [-0.3, -0.25) is 9.69 Å². The molecule has 126 valence electrons. The fourth-order valence-electron chi connectivity index (χ4n) is 3.85. The van der Waals surface area contributed by atoms with Gasteiger partial charge in [-0.15, -0.1) is 0 Å². The first kappa shape index (κ1) is 16.7. The van der Waals surface area contributed by atoms with Crippen LogP contribution in [0.2, 0.25) is 5.02 Å². The van der Waals surface area contributed by atoms with Gasteiger partial charge in [0.15, 0.2) is 0 Å². The first-order chi connectivity index (χ1) is 11.0. The van der Waals surface area contributed by atoms with Crippen molar-refractivity contribution < 1.29 is 9.18 Å². The maximum Gasteiger partial charge on any atom is 0.238 e. The lowest BCUT2D eigenvalue weighted by Gasteiger charge is -2.45. The number of fused-ring (bicyclic) bond motifs is 1. The van der Waals surface area contributed by atoms with Crippen LogP contribution in [-0.4, -0.2) is 55.0 Å². The average molecular weight is 340 g/mol. The predicted molar refractivity (Wildman–Crippen MR) is 90.2 cm³/mol. The molecule has 0 bridgehead atoms. The summed E-state index contributed by atoms with van der Waals surface area (Å²) in [5, 5.41) is 2.82. The van der Waals surface area contributed by atoms with E-state index in [0.717, 1.165) is 19.5 Å². The second kappa shape index (κ2) is 7.16. The molecule has 2 aliphatic rings. The van der Waals surface area contributed by atoms with Crippen LogP contribution in [0.1, 0.15) is 19.3 Å². The van der Waals surface area contributed by atoms with Crippen molar-refractivity contribution in [2.45, 2.75) is 25.3 Å². The molecule has 0 radical (unpaired) electrons. The van der Waals surface area contributed by atoms with E-state index in [1.807, 2.05) is 0 Å². The van der Waals surface area contributed by atoms with Gasteiger partial charge >= 0.3 is 0 Å². The summed E-state index contributed by atoms with van der Waals surface area (Å²) in [6, 6.07) is 4.90. The van der Waals surface area contributed by atoms with Gasteiger partial charge in [0, 0.05) is 24.8 Å². The van der Waals surface area contributed by atoms with E-state index in [2.05, 4.69) is 22.2 Å². The van der Waals surface area contributed by atoms with Crippen molar-refractivity contribution in [1.29, 1.82) is 0 Å². The van der Waals surface area contributed by atoms with Crippen LogP contribution in [0, 0.1) is 11.7 Å². The molecule has 1 aromatic carbocycles. The fraction of sp³-hybridized carbons (Fsp3) is 0.588. The van der Waals surface area contributed by atoms with E-state index in [-0.39, 0.29) is 10.9 Å². The molecule has 0 aromatic heterocycles. The lowest BCUT2D eigenvalue weighted by Crippen LogP contribution is -2.53. The summed E-state index contributed by atoms with van der Waals surface area (Å²) < 4.78 is 13.1. The highest BCUT2D eigenvalue weighted by Gasteiger charge is 2.34. The van der Waals surface area contributed by atoms with Gasteiger partial charge in [-0.2, -0.15) is 0 Å². The van der Waals surface area contributed by atoms with Crippen LogP contribution in [0.5, 0.6) is 0 Å². The molecule has 2 heterocycles. The number of nitrogens with one attached hydrogen (secondary N) is 1. The zero-order valence-electron chi connectivity index (χ0n) is 13.4. The Kier molecular flexibility index (Phi) is 5.19. The smallest absolute Gasteiger partial charge is 0.238 e. The van der Waals surface area contributed by atoms with Crippen LogP contribution >= 0.6 is 11.6 Å². The average Bonchev–Trinajstić information content (AvgIpc) is 2.51. The van der Waals surface area contributed by atoms with Gasteiger partial charge in [0.05, 0.1) is 11.6 Å². The quantitative estimate of drug-likeness (QED) is 0.919. The Morgan fingerprint density at radius 3 is 3.00 bits per heavy atom. The van der Waals surface area contributed by atoms with Crippen molar-refractivity contribution in [2.24, 2.45) is 5.92 Å². The van der Waals surface area contributed by atoms with Crippen molar-refractivity contribution >= 4 is 23.2 Å². The molecular formula is C17H23ClFN3O. The lowest BCUT2D eigenvalue weighted by molar-refractivity contribution is -0.118. The Morgan fingerprint density at radius 1 is 1.39 bits per heavy atom. The number of carbonyl (C=O) groups excluding carboxylic acids is 1. The number of hydrogen-bond donors (Lipinski definition) is 1. The summed E-state index contributed by atoms with van der Waals surface area (Å²) in [5.74, 6) is 0.110. The van der Waals surface area contributed by atoms with E-state index in [9.17, 15) is 9.18 Å². The van der Waals surface area contributed by atoms with Crippen LogP contribution in [-0.2, 0) is 4.79 Å². The molecule has 4 nitrogen and oxygen atoms in total. The minimum absolute atomic E-state index is 0.0221. The predicted octanol–water partition coefficient (Wildman–Crippen LogP) is 2.83. The van der Waals surface area contributed by atoms with E-state index >= 15 is 0 Å². The number of piperidine rings is 2. The molecule has 2 saturated heterocycles. The number of halogens is 2. The van der Waals surface area contributed by atoms with Gasteiger partial charge in [-0.1, -0.05) is 11.6 Å². The third-order valence-corrected chi connectivity index (χ3v) is 5.29. The van der Waals surface area contributed by atoms with Gasteiger partial charge in [0.25, 0.3) is 0 Å². The number of hydrogen-bond acceptors (Lipinski definition) is 3. The van der Waals surface area contributed by atoms with Crippen molar-refractivity contribution in [3.63, 3.8) is 0 Å². The normalized spacial score (nSPS) is 25.9. The first-order valence-corrected chi connectivity index (χ1v) is 8.58. The van der Waals surface area contributed by atoms with Crippen molar-refractivity contribution in [3.8, 4) is 0 Å². The number of carbonyl (C=O) groups is 1. The second-order valence-electron chi connectivity index (χ2n) is 6.65. The maximum absolute atomic E-state index is 13.1. The summed E-state index contributed by atoms with van der Waals surface area (Å²) in [4.78, 5) is 16.9. The van der Waals surface area contributed by atoms with E-state index in [0.29, 0.717) is 24.2 Å². The summed E-state index contributed by atoms with van der Waals surface area (Å²) in [6.07, 6.45) is 3.61. The van der Waals surface area contributed by atoms with E-state index in [4.69, 9.17) is 11.6 Å². The zero-order valence-corrected chi connectivity index (χ0v) is 14.2. The van der Waals surface area contributed by atoms with Crippen molar-refractivity contribution in [3.05, 3.63) is 29.0 Å². The van der Waals surface area contributed by atoms with Gasteiger partial charge in [0.2, 0.25) is 5.91 Å². The zero-order chi connectivity index (χ0) is 16.4. The molecular weight excluding hydrogens is 317 g/mol. The molecule has 2 fully saturated rings. The lowest BCUT2D eigenvalue weighted by atomic mass is 9.84. The summed E-state index contributed by atoms with van der Waals surface area (Å²) in [7, 11) is 2.21. The summed E-state index contributed by atoms with van der Waals surface area (Å²) in [5.41, 5.74) is 0.536. The highest BCUT2D eigenvalue weighted by atomic mass is 35.5.